The Morgan fingerprint density at radius 3 is 2.71 bits per heavy atom. The van der Waals surface area contributed by atoms with Gasteiger partial charge in [0.25, 0.3) is 0 Å². The molecule has 0 saturated carbocycles. The molecule has 1 unspecified atom stereocenters. The van der Waals surface area contributed by atoms with Crippen LogP contribution in [0, 0.1) is 0 Å². The van der Waals surface area contributed by atoms with Crippen LogP contribution >= 0.6 is 11.6 Å². The van der Waals surface area contributed by atoms with E-state index in [4.69, 9.17) is 21.1 Å². The smallest absolute Gasteiger partial charge is 0.308 e. The number of hydrogen-bond donors (Lipinski definition) is 0. The summed E-state index contributed by atoms with van der Waals surface area (Å²) in [6.07, 6.45) is -0.508. The van der Waals surface area contributed by atoms with Gasteiger partial charge < -0.3 is 9.47 Å². The van der Waals surface area contributed by atoms with Gasteiger partial charge in [-0.3, -0.25) is 9.59 Å². The molecule has 1 atom stereocenters. The number of ether oxygens (including phenoxy) is 2. The number of hydrogen-bond acceptors (Lipinski definition) is 6. The van der Waals surface area contributed by atoms with E-state index in [1.807, 2.05) is 0 Å². The Morgan fingerprint density at radius 1 is 1.33 bits per heavy atom. The van der Waals surface area contributed by atoms with Crippen molar-refractivity contribution in [2.24, 2.45) is 0 Å². The molecule has 0 fully saturated rings. The second-order valence-electron chi connectivity index (χ2n) is 4.40. The second kappa shape index (κ2) is 6.53. The van der Waals surface area contributed by atoms with Crippen LogP contribution in [0.2, 0.25) is 0 Å². The molecule has 1 heterocycles. The topological polar surface area (TPSA) is 83.3 Å². The highest BCUT2D eigenvalue weighted by molar-refractivity contribution is 6.18. The van der Waals surface area contributed by atoms with E-state index in [-0.39, 0.29) is 12.4 Å². The molecule has 8 heteroatoms. The molecule has 2 rings (SSSR count). The van der Waals surface area contributed by atoms with Crippen molar-refractivity contribution in [2.75, 3.05) is 5.88 Å². The van der Waals surface area contributed by atoms with E-state index in [2.05, 4.69) is 10.3 Å². The molecular formula is C13H14ClN3O4. The number of benzene rings is 1. The predicted octanol–water partition coefficient (Wildman–Crippen LogP) is 1.53. The predicted molar refractivity (Wildman–Crippen MR) is 75.1 cm³/mol. The summed E-state index contributed by atoms with van der Waals surface area (Å²) in [5.41, 5.74) is 1.30. The van der Waals surface area contributed by atoms with Crippen molar-refractivity contribution >= 4 is 34.6 Å². The molecule has 0 aliphatic carbocycles. The Bertz CT molecular complexity index is 670. The second-order valence-corrected chi connectivity index (χ2v) is 4.71. The van der Waals surface area contributed by atoms with Gasteiger partial charge in [0.2, 0.25) is 0 Å². The highest BCUT2D eigenvalue weighted by Gasteiger charge is 2.15. The number of carbonyl (C=O) groups excluding carboxylic acids is 2. The molecule has 0 N–H and O–H groups in total. The van der Waals surface area contributed by atoms with Crippen LogP contribution in [-0.4, -0.2) is 38.9 Å². The minimum atomic E-state index is -0.508. The number of fused-ring (bicyclic) bond motifs is 1. The van der Waals surface area contributed by atoms with Crippen LogP contribution in [0.15, 0.2) is 18.2 Å². The van der Waals surface area contributed by atoms with Crippen molar-refractivity contribution in [1.29, 1.82) is 0 Å². The van der Waals surface area contributed by atoms with Crippen LogP contribution in [0.1, 0.15) is 13.8 Å². The summed E-state index contributed by atoms with van der Waals surface area (Å²) in [5.74, 6) is -0.282. The fourth-order valence-corrected chi connectivity index (χ4v) is 2.01. The molecule has 2 aromatic rings. The molecular weight excluding hydrogens is 298 g/mol. The van der Waals surface area contributed by atoms with E-state index in [9.17, 15) is 9.59 Å². The zero-order valence-corrected chi connectivity index (χ0v) is 12.3. The third kappa shape index (κ3) is 3.91. The van der Waals surface area contributed by atoms with Gasteiger partial charge in [0.15, 0.2) is 0 Å². The number of esters is 2. The van der Waals surface area contributed by atoms with Crippen LogP contribution in [-0.2, 0) is 20.9 Å². The molecule has 1 aromatic carbocycles. The number of halogens is 1. The van der Waals surface area contributed by atoms with Crippen molar-refractivity contribution in [3.63, 3.8) is 0 Å². The molecule has 0 bridgehead atoms. The maximum atomic E-state index is 11.0. The number of rotatable bonds is 5. The van der Waals surface area contributed by atoms with Gasteiger partial charge in [-0.15, -0.1) is 16.7 Å². The largest absolute Gasteiger partial charge is 0.459 e. The zero-order valence-electron chi connectivity index (χ0n) is 11.6. The average Bonchev–Trinajstić information content (AvgIpc) is 2.79. The maximum absolute atomic E-state index is 11.0. The Labute approximate surface area is 125 Å². The number of carbonyl (C=O) groups is 2. The molecule has 112 valence electrons. The zero-order chi connectivity index (χ0) is 15.4. The lowest BCUT2D eigenvalue weighted by atomic mass is 10.3. The Hall–Kier alpha value is -2.15. The van der Waals surface area contributed by atoms with Gasteiger partial charge in [-0.2, -0.15) is 0 Å². The summed E-state index contributed by atoms with van der Waals surface area (Å²) in [4.78, 5) is 22.0. The van der Waals surface area contributed by atoms with E-state index in [0.717, 1.165) is 0 Å². The van der Waals surface area contributed by atoms with Crippen molar-refractivity contribution in [3.05, 3.63) is 18.2 Å². The van der Waals surface area contributed by atoms with Crippen LogP contribution in [0.5, 0.6) is 5.75 Å². The summed E-state index contributed by atoms with van der Waals surface area (Å²) < 4.78 is 11.6. The van der Waals surface area contributed by atoms with Gasteiger partial charge >= 0.3 is 11.9 Å². The normalized spacial score (nSPS) is 12.1. The first-order valence-corrected chi connectivity index (χ1v) is 6.78. The van der Waals surface area contributed by atoms with Gasteiger partial charge in [0.05, 0.1) is 17.9 Å². The Kier molecular flexibility index (Phi) is 4.74. The average molecular weight is 312 g/mol. The summed E-state index contributed by atoms with van der Waals surface area (Å²) >= 11 is 5.77. The van der Waals surface area contributed by atoms with Gasteiger partial charge in [-0.25, -0.2) is 4.68 Å². The van der Waals surface area contributed by atoms with Crippen molar-refractivity contribution in [2.45, 2.75) is 26.5 Å². The Morgan fingerprint density at radius 2 is 2.10 bits per heavy atom. The molecule has 7 nitrogen and oxygen atoms in total. The van der Waals surface area contributed by atoms with Crippen molar-refractivity contribution < 1.29 is 19.1 Å². The first-order chi connectivity index (χ1) is 9.99. The molecule has 0 radical (unpaired) electrons. The van der Waals surface area contributed by atoms with Crippen molar-refractivity contribution in [3.8, 4) is 5.75 Å². The summed E-state index contributed by atoms with van der Waals surface area (Å²) in [6, 6.07) is 4.97. The molecule has 21 heavy (non-hydrogen) atoms. The summed E-state index contributed by atoms with van der Waals surface area (Å²) in [7, 11) is 0. The lowest BCUT2D eigenvalue weighted by Gasteiger charge is -2.14. The first kappa shape index (κ1) is 15.2. The fraction of sp³-hybridized carbons (Fsp3) is 0.385. The van der Waals surface area contributed by atoms with E-state index >= 15 is 0 Å². The minimum absolute atomic E-state index is 0.143. The van der Waals surface area contributed by atoms with Crippen LogP contribution in [0.25, 0.3) is 11.0 Å². The molecule has 0 saturated heterocycles. The van der Waals surface area contributed by atoms with E-state index in [1.54, 1.807) is 22.9 Å². The van der Waals surface area contributed by atoms with Crippen LogP contribution in [0.4, 0.5) is 0 Å². The standard InChI is InChI=1S/C13H14ClN3O4/c1-8(18)20-10-3-4-12-13(5-10)17(16-15-12)7-11(6-14)21-9(2)19/h3-5,11H,6-7H2,1-2H3. The highest BCUT2D eigenvalue weighted by atomic mass is 35.5. The third-order valence-electron chi connectivity index (χ3n) is 2.63. The quantitative estimate of drug-likeness (QED) is 0.473. The molecule has 0 amide bonds. The number of alkyl halides is 1. The van der Waals surface area contributed by atoms with Gasteiger partial charge in [0.1, 0.15) is 17.4 Å². The Balaban J connectivity index is 2.26. The monoisotopic (exact) mass is 311 g/mol. The van der Waals surface area contributed by atoms with Crippen LogP contribution < -0.4 is 4.74 Å². The lowest BCUT2D eigenvalue weighted by Crippen LogP contribution is -2.24. The van der Waals surface area contributed by atoms with Crippen molar-refractivity contribution in [1.82, 2.24) is 15.0 Å². The van der Waals surface area contributed by atoms with E-state index < -0.39 is 18.0 Å². The van der Waals surface area contributed by atoms with E-state index in [0.29, 0.717) is 16.8 Å². The third-order valence-corrected chi connectivity index (χ3v) is 2.97. The van der Waals surface area contributed by atoms with Crippen LogP contribution in [0.3, 0.4) is 0 Å². The van der Waals surface area contributed by atoms with Gasteiger partial charge in [-0.05, 0) is 12.1 Å². The molecule has 0 spiro atoms. The fourth-order valence-electron chi connectivity index (χ4n) is 1.85. The maximum Gasteiger partial charge on any atom is 0.308 e. The number of aromatic nitrogens is 3. The van der Waals surface area contributed by atoms with Gasteiger partial charge in [0, 0.05) is 19.9 Å². The van der Waals surface area contributed by atoms with Gasteiger partial charge in [-0.1, -0.05) is 5.21 Å². The molecule has 0 aliphatic heterocycles. The lowest BCUT2D eigenvalue weighted by molar-refractivity contribution is -0.146. The summed E-state index contributed by atoms with van der Waals surface area (Å²) in [6.45, 7) is 2.91. The minimum Gasteiger partial charge on any atom is -0.459 e. The highest BCUT2D eigenvalue weighted by Crippen LogP contribution is 2.20. The first-order valence-electron chi connectivity index (χ1n) is 6.24. The summed E-state index contributed by atoms with van der Waals surface area (Å²) in [5, 5.41) is 7.98. The molecule has 1 aromatic heterocycles. The van der Waals surface area contributed by atoms with E-state index in [1.165, 1.54) is 13.8 Å². The molecule has 0 aliphatic rings. The number of nitrogens with zero attached hydrogens (tertiary/aromatic N) is 3. The SMILES string of the molecule is CC(=O)Oc1ccc2nnn(CC(CCl)OC(C)=O)c2c1.